The molecule has 2 aliphatic rings. The maximum absolute atomic E-state index is 11.8. The zero-order valence-corrected chi connectivity index (χ0v) is 13.1. The highest BCUT2D eigenvalue weighted by atomic mass is 16.1. The van der Waals surface area contributed by atoms with Gasteiger partial charge < -0.3 is 4.79 Å². The molecule has 0 spiro atoms. The Labute approximate surface area is 132 Å². The normalized spacial score (nSPS) is 24.4. The van der Waals surface area contributed by atoms with E-state index in [9.17, 15) is 4.79 Å². The zero-order valence-electron chi connectivity index (χ0n) is 13.1. The SMILES string of the molecule is CC1=C(C2=CC=CCC2)C=CC(c2cnccc2C)C1C=O. The first kappa shape index (κ1) is 14.7. The minimum atomic E-state index is -0.102. The Morgan fingerprint density at radius 2 is 2.18 bits per heavy atom. The van der Waals surface area contributed by atoms with Gasteiger partial charge in [0.1, 0.15) is 6.29 Å². The third-order valence-corrected chi connectivity index (χ3v) is 4.73. The third kappa shape index (κ3) is 2.61. The van der Waals surface area contributed by atoms with Gasteiger partial charge in [-0.15, -0.1) is 0 Å². The molecule has 112 valence electrons. The molecule has 2 heteroatoms. The number of pyridine rings is 1. The first-order valence-electron chi connectivity index (χ1n) is 7.83. The monoisotopic (exact) mass is 291 g/mol. The Kier molecular flexibility index (Phi) is 4.19. The Balaban J connectivity index is 2.00. The minimum Gasteiger partial charge on any atom is -0.303 e. The minimum absolute atomic E-state index is 0.0923. The molecule has 2 nitrogen and oxygen atoms in total. The van der Waals surface area contributed by atoms with Crippen LogP contribution in [-0.2, 0) is 4.79 Å². The van der Waals surface area contributed by atoms with Crippen LogP contribution in [0.15, 0.2) is 65.6 Å². The summed E-state index contributed by atoms with van der Waals surface area (Å²) >= 11 is 0. The lowest BCUT2D eigenvalue weighted by Gasteiger charge is -2.29. The summed E-state index contributed by atoms with van der Waals surface area (Å²) in [6, 6.07) is 2.01. The van der Waals surface area contributed by atoms with Gasteiger partial charge in [-0.25, -0.2) is 0 Å². The lowest BCUT2D eigenvalue weighted by atomic mass is 9.74. The van der Waals surface area contributed by atoms with Crippen LogP contribution >= 0.6 is 0 Å². The molecule has 2 unspecified atom stereocenters. The Hall–Kier alpha value is -2.22. The number of allylic oxidation sites excluding steroid dienone is 8. The molecule has 0 N–H and O–H groups in total. The van der Waals surface area contributed by atoms with E-state index in [4.69, 9.17) is 0 Å². The molecule has 0 radical (unpaired) electrons. The van der Waals surface area contributed by atoms with Gasteiger partial charge in [-0.3, -0.25) is 4.98 Å². The van der Waals surface area contributed by atoms with Crippen molar-refractivity contribution in [2.75, 3.05) is 0 Å². The van der Waals surface area contributed by atoms with Crippen molar-refractivity contribution in [2.24, 2.45) is 5.92 Å². The number of aryl methyl sites for hydroxylation is 1. The molecule has 1 aromatic rings. The van der Waals surface area contributed by atoms with Gasteiger partial charge in [-0.1, -0.05) is 36.0 Å². The molecule has 2 aliphatic carbocycles. The summed E-state index contributed by atoms with van der Waals surface area (Å²) < 4.78 is 0. The van der Waals surface area contributed by atoms with Gasteiger partial charge in [0.25, 0.3) is 0 Å². The van der Waals surface area contributed by atoms with Crippen molar-refractivity contribution in [1.82, 2.24) is 4.98 Å². The fraction of sp³-hybridized carbons (Fsp3) is 0.300. The predicted molar refractivity (Wildman–Crippen MR) is 89.6 cm³/mol. The number of carbonyl (C=O) groups excluding carboxylic acids is 1. The van der Waals surface area contributed by atoms with Crippen LogP contribution < -0.4 is 0 Å². The van der Waals surface area contributed by atoms with E-state index < -0.39 is 0 Å². The van der Waals surface area contributed by atoms with Crippen molar-refractivity contribution in [2.45, 2.75) is 32.6 Å². The summed E-state index contributed by atoms with van der Waals surface area (Å²) in [6.07, 6.45) is 17.7. The van der Waals surface area contributed by atoms with Gasteiger partial charge >= 0.3 is 0 Å². The summed E-state index contributed by atoms with van der Waals surface area (Å²) in [5, 5.41) is 0. The Bertz CT molecular complexity index is 706. The maximum atomic E-state index is 11.8. The van der Waals surface area contributed by atoms with Crippen LogP contribution in [0.2, 0.25) is 0 Å². The average molecular weight is 291 g/mol. The van der Waals surface area contributed by atoms with Gasteiger partial charge in [0.15, 0.2) is 0 Å². The van der Waals surface area contributed by atoms with E-state index in [-0.39, 0.29) is 11.8 Å². The lowest BCUT2D eigenvalue weighted by molar-refractivity contribution is -0.110. The number of carbonyl (C=O) groups is 1. The number of nitrogens with zero attached hydrogens (tertiary/aromatic N) is 1. The van der Waals surface area contributed by atoms with Gasteiger partial charge in [0, 0.05) is 24.2 Å². The molecule has 1 aromatic heterocycles. The van der Waals surface area contributed by atoms with Crippen molar-refractivity contribution in [3.8, 4) is 0 Å². The van der Waals surface area contributed by atoms with E-state index in [0.717, 1.165) is 24.7 Å². The highest BCUT2D eigenvalue weighted by Gasteiger charge is 2.28. The number of aldehydes is 1. The fourth-order valence-electron chi connectivity index (χ4n) is 3.40. The molecule has 0 aliphatic heterocycles. The highest BCUT2D eigenvalue weighted by molar-refractivity contribution is 5.67. The molecule has 0 amide bonds. The molecule has 0 fully saturated rings. The Morgan fingerprint density at radius 1 is 1.32 bits per heavy atom. The van der Waals surface area contributed by atoms with E-state index in [1.54, 1.807) is 6.20 Å². The lowest BCUT2D eigenvalue weighted by Crippen LogP contribution is -2.20. The van der Waals surface area contributed by atoms with Crippen molar-refractivity contribution in [1.29, 1.82) is 0 Å². The largest absolute Gasteiger partial charge is 0.303 e. The first-order chi connectivity index (χ1) is 10.7. The molecule has 0 bridgehead atoms. The van der Waals surface area contributed by atoms with Gasteiger partial charge in [0.05, 0.1) is 0 Å². The number of rotatable bonds is 3. The first-order valence-corrected chi connectivity index (χ1v) is 7.83. The van der Waals surface area contributed by atoms with Crippen molar-refractivity contribution >= 4 is 6.29 Å². The third-order valence-electron chi connectivity index (χ3n) is 4.73. The predicted octanol–water partition coefficient (Wildman–Crippen LogP) is 4.45. The summed E-state index contributed by atoms with van der Waals surface area (Å²) in [6.45, 7) is 4.17. The van der Waals surface area contributed by atoms with E-state index in [1.165, 1.54) is 22.3 Å². The molecular weight excluding hydrogens is 270 g/mol. The quantitative estimate of drug-likeness (QED) is 0.770. The summed E-state index contributed by atoms with van der Waals surface area (Å²) in [7, 11) is 0. The average Bonchev–Trinajstić information content (AvgIpc) is 2.56. The second-order valence-corrected chi connectivity index (χ2v) is 6.03. The number of aromatic nitrogens is 1. The van der Waals surface area contributed by atoms with Crippen molar-refractivity contribution in [3.05, 3.63) is 76.7 Å². The van der Waals surface area contributed by atoms with Crippen molar-refractivity contribution in [3.63, 3.8) is 0 Å². The van der Waals surface area contributed by atoms with Crippen LogP contribution in [0.3, 0.4) is 0 Å². The van der Waals surface area contributed by atoms with Gasteiger partial charge in [0.2, 0.25) is 0 Å². The topological polar surface area (TPSA) is 30.0 Å². The molecule has 0 aromatic carbocycles. The smallest absolute Gasteiger partial charge is 0.128 e. The molecule has 0 saturated carbocycles. The summed E-state index contributed by atoms with van der Waals surface area (Å²) in [5.41, 5.74) is 6.08. The van der Waals surface area contributed by atoms with E-state index in [2.05, 4.69) is 49.2 Å². The Morgan fingerprint density at radius 3 is 2.86 bits per heavy atom. The standard InChI is InChI=1S/C20H21NO/c1-14-10-11-21-12-19(14)18-9-8-17(15(2)20(18)13-22)16-6-4-3-5-7-16/h3-4,6,8-13,18,20H,5,7H2,1-2H3. The molecule has 2 atom stereocenters. The fourth-order valence-corrected chi connectivity index (χ4v) is 3.40. The molecule has 0 saturated heterocycles. The van der Waals surface area contributed by atoms with Gasteiger partial charge in [-0.2, -0.15) is 0 Å². The number of hydrogen-bond acceptors (Lipinski definition) is 2. The molecule has 22 heavy (non-hydrogen) atoms. The molecule has 1 heterocycles. The van der Waals surface area contributed by atoms with Crippen LogP contribution in [0.4, 0.5) is 0 Å². The van der Waals surface area contributed by atoms with Gasteiger partial charge in [-0.05, 0) is 55.0 Å². The maximum Gasteiger partial charge on any atom is 0.128 e. The second-order valence-electron chi connectivity index (χ2n) is 6.03. The molecular formula is C20H21NO. The van der Waals surface area contributed by atoms with Crippen LogP contribution in [-0.4, -0.2) is 11.3 Å². The van der Waals surface area contributed by atoms with E-state index >= 15 is 0 Å². The van der Waals surface area contributed by atoms with E-state index in [0.29, 0.717) is 0 Å². The summed E-state index contributed by atoms with van der Waals surface area (Å²) in [5.74, 6) is -0.00983. The highest BCUT2D eigenvalue weighted by Crippen LogP contribution is 2.39. The second kappa shape index (κ2) is 6.27. The van der Waals surface area contributed by atoms with Crippen LogP contribution in [0.5, 0.6) is 0 Å². The van der Waals surface area contributed by atoms with Crippen LogP contribution in [0, 0.1) is 12.8 Å². The number of hydrogen-bond donors (Lipinski definition) is 0. The van der Waals surface area contributed by atoms with Crippen LogP contribution in [0.1, 0.15) is 36.8 Å². The van der Waals surface area contributed by atoms with E-state index in [1.807, 2.05) is 12.3 Å². The zero-order chi connectivity index (χ0) is 15.5. The van der Waals surface area contributed by atoms with Crippen LogP contribution in [0.25, 0.3) is 0 Å². The van der Waals surface area contributed by atoms with Crippen molar-refractivity contribution < 1.29 is 4.79 Å². The molecule has 3 rings (SSSR count). The summed E-state index contributed by atoms with van der Waals surface area (Å²) in [4.78, 5) is 16.0.